The topological polar surface area (TPSA) is 20.3 Å². The Morgan fingerprint density at radius 1 is 1.35 bits per heavy atom. The van der Waals surface area contributed by atoms with Crippen LogP contribution in [-0.2, 0) is 4.79 Å². The third kappa shape index (κ3) is 3.34. The van der Waals surface area contributed by atoms with Gasteiger partial charge >= 0.3 is 113 Å². The number of amides is 1. The molecule has 0 saturated carbocycles. The Morgan fingerprint density at radius 3 is 2.76 bits per heavy atom. The number of benzene rings is 1. The van der Waals surface area contributed by atoms with Crippen molar-refractivity contribution in [3.8, 4) is 0 Å². The predicted octanol–water partition coefficient (Wildman–Crippen LogP) is 1.54. The summed E-state index contributed by atoms with van der Waals surface area (Å²) in [6.45, 7) is 3.96. The molecule has 1 amide bonds. The molecule has 1 aromatic carbocycles. The monoisotopic (exact) mass is 345 g/mol. The number of hydrogen-bond donors (Lipinski definition) is 0. The van der Waals surface area contributed by atoms with Gasteiger partial charge in [-0.2, -0.15) is 0 Å². The molecule has 0 unspecified atom stereocenters. The molecule has 1 aromatic rings. The van der Waals surface area contributed by atoms with E-state index in [2.05, 4.69) is 35.3 Å². The first-order chi connectivity index (χ1) is 8.31. The van der Waals surface area contributed by atoms with Crippen molar-refractivity contribution in [1.82, 2.24) is 4.90 Å². The fourth-order valence-corrected chi connectivity index (χ4v) is 3.90. The Balaban J connectivity index is 1.83. The van der Waals surface area contributed by atoms with Crippen LogP contribution >= 0.6 is 0 Å². The van der Waals surface area contributed by atoms with Crippen molar-refractivity contribution < 1.29 is 4.79 Å². The quantitative estimate of drug-likeness (QED) is 0.451. The molecule has 0 bridgehead atoms. The molecule has 1 heterocycles. The Bertz CT molecular complexity index is 413. The Labute approximate surface area is 113 Å². The van der Waals surface area contributed by atoms with Crippen molar-refractivity contribution in [2.24, 2.45) is 0 Å². The Hall–Kier alpha value is -0.780. The van der Waals surface area contributed by atoms with Gasteiger partial charge in [-0.25, -0.2) is 0 Å². The first kappa shape index (κ1) is 12.7. The Kier molecular flexibility index (Phi) is 4.65. The van der Waals surface area contributed by atoms with Crippen molar-refractivity contribution in [3.05, 3.63) is 40.0 Å². The Morgan fingerprint density at radius 2 is 2.12 bits per heavy atom. The van der Waals surface area contributed by atoms with Crippen LogP contribution in [0.2, 0.25) is 0 Å². The average molecular weight is 343 g/mol. The molecule has 1 fully saturated rings. The average Bonchev–Trinajstić information content (AvgIpc) is 2.38. The first-order valence-corrected chi connectivity index (χ1v) is 8.52. The van der Waals surface area contributed by atoms with Crippen molar-refractivity contribution in [2.75, 3.05) is 13.1 Å². The van der Waals surface area contributed by atoms with E-state index in [9.17, 15) is 4.79 Å². The van der Waals surface area contributed by atoms with Gasteiger partial charge in [0, 0.05) is 0 Å². The van der Waals surface area contributed by atoms with Gasteiger partial charge < -0.3 is 0 Å². The summed E-state index contributed by atoms with van der Waals surface area (Å²) in [4.78, 5) is 13.7. The molecule has 0 N–H and O–H groups in total. The van der Waals surface area contributed by atoms with Crippen LogP contribution in [0.15, 0.2) is 40.0 Å². The summed E-state index contributed by atoms with van der Waals surface area (Å²) in [5, 5.41) is 0. The zero-order valence-corrected chi connectivity index (χ0v) is 12.4. The summed E-state index contributed by atoms with van der Waals surface area (Å²) < 4.78 is 3.59. The molecular formula is C14H17NOTe. The SMILES string of the molecule is CCCCN1C/C(=C\[Te]c2ccccc2)C1=O. The zero-order chi connectivity index (χ0) is 12.1. The summed E-state index contributed by atoms with van der Waals surface area (Å²) in [7, 11) is 0. The second-order valence-electron chi connectivity index (χ2n) is 4.15. The number of carbonyl (C=O) groups is 1. The van der Waals surface area contributed by atoms with Gasteiger partial charge in [0.05, 0.1) is 0 Å². The van der Waals surface area contributed by atoms with Crippen LogP contribution in [-0.4, -0.2) is 44.8 Å². The molecular weight excluding hydrogens is 326 g/mol. The molecule has 90 valence electrons. The number of likely N-dealkylation sites (tertiary alicyclic amines) is 1. The van der Waals surface area contributed by atoms with Crippen LogP contribution in [0.5, 0.6) is 0 Å². The molecule has 0 radical (unpaired) electrons. The number of nitrogens with zero attached hydrogens (tertiary/aromatic N) is 1. The zero-order valence-electron chi connectivity index (χ0n) is 10.1. The van der Waals surface area contributed by atoms with E-state index < -0.39 is 0 Å². The van der Waals surface area contributed by atoms with Gasteiger partial charge in [0.25, 0.3) is 0 Å². The number of unbranched alkanes of at least 4 members (excludes halogenated alkanes) is 1. The normalized spacial score (nSPS) is 17.4. The van der Waals surface area contributed by atoms with E-state index in [1.165, 1.54) is 3.61 Å². The number of β-lactam (4-membered cyclic amide) rings is 1. The number of carbonyl (C=O) groups excluding carboxylic acids is 1. The molecule has 17 heavy (non-hydrogen) atoms. The molecule has 0 spiro atoms. The minimum atomic E-state index is -0.321. The van der Waals surface area contributed by atoms with Gasteiger partial charge in [-0.1, -0.05) is 0 Å². The molecule has 0 aliphatic carbocycles. The van der Waals surface area contributed by atoms with Crippen molar-refractivity contribution >= 4 is 30.4 Å². The van der Waals surface area contributed by atoms with E-state index in [1.54, 1.807) is 0 Å². The van der Waals surface area contributed by atoms with E-state index in [0.29, 0.717) is 0 Å². The van der Waals surface area contributed by atoms with Crippen molar-refractivity contribution in [1.29, 1.82) is 0 Å². The third-order valence-corrected chi connectivity index (χ3v) is 5.49. The van der Waals surface area contributed by atoms with Crippen LogP contribution in [0, 0.1) is 0 Å². The first-order valence-electron chi connectivity index (χ1n) is 6.01. The van der Waals surface area contributed by atoms with Gasteiger partial charge in [0.1, 0.15) is 0 Å². The third-order valence-electron chi connectivity index (χ3n) is 2.79. The molecule has 1 aliphatic heterocycles. The van der Waals surface area contributed by atoms with E-state index >= 15 is 0 Å². The second kappa shape index (κ2) is 6.23. The summed E-state index contributed by atoms with van der Waals surface area (Å²) in [5.41, 5.74) is 1.03. The maximum absolute atomic E-state index is 11.8. The van der Waals surface area contributed by atoms with E-state index in [4.69, 9.17) is 0 Å². The van der Waals surface area contributed by atoms with Crippen molar-refractivity contribution in [3.63, 3.8) is 0 Å². The van der Waals surface area contributed by atoms with Gasteiger partial charge in [-0.05, 0) is 0 Å². The minimum absolute atomic E-state index is 0.263. The van der Waals surface area contributed by atoms with E-state index in [0.717, 1.165) is 31.5 Å². The molecule has 2 nitrogen and oxygen atoms in total. The molecule has 1 aliphatic rings. The van der Waals surface area contributed by atoms with Crippen LogP contribution in [0.1, 0.15) is 19.8 Å². The van der Waals surface area contributed by atoms with Crippen LogP contribution in [0.4, 0.5) is 0 Å². The fraction of sp³-hybridized carbons (Fsp3) is 0.357. The fourth-order valence-electron chi connectivity index (χ4n) is 1.71. The second-order valence-corrected chi connectivity index (χ2v) is 6.85. The van der Waals surface area contributed by atoms with E-state index in [1.807, 2.05) is 11.0 Å². The molecule has 2 rings (SSSR count). The number of rotatable bonds is 5. The standard InChI is InChI=1S/C14H17NOTe/c1-2-3-9-15-10-12(14(15)16)11-17-13-7-5-4-6-8-13/h4-8,11H,2-3,9-10H2,1H3/b12-11+. The molecule has 0 atom stereocenters. The van der Waals surface area contributed by atoms with Gasteiger partial charge in [0.15, 0.2) is 0 Å². The van der Waals surface area contributed by atoms with Crippen LogP contribution in [0.25, 0.3) is 0 Å². The van der Waals surface area contributed by atoms with Crippen LogP contribution < -0.4 is 3.61 Å². The summed E-state index contributed by atoms with van der Waals surface area (Å²) >= 11 is -0.321. The summed E-state index contributed by atoms with van der Waals surface area (Å²) in [6, 6.07) is 10.5. The van der Waals surface area contributed by atoms with Crippen LogP contribution in [0.3, 0.4) is 0 Å². The number of hydrogen-bond acceptors (Lipinski definition) is 1. The van der Waals surface area contributed by atoms with Crippen molar-refractivity contribution in [2.45, 2.75) is 19.8 Å². The summed E-state index contributed by atoms with van der Waals surface area (Å²) in [6.07, 6.45) is 2.27. The van der Waals surface area contributed by atoms with Gasteiger partial charge in [-0.3, -0.25) is 0 Å². The molecule has 3 heteroatoms. The van der Waals surface area contributed by atoms with Gasteiger partial charge in [-0.15, -0.1) is 0 Å². The molecule has 1 saturated heterocycles. The maximum atomic E-state index is 11.8. The summed E-state index contributed by atoms with van der Waals surface area (Å²) in [5.74, 6) is 0.263. The molecule has 0 aromatic heterocycles. The van der Waals surface area contributed by atoms with Gasteiger partial charge in [0.2, 0.25) is 0 Å². The van der Waals surface area contributed by atoms with E-state index in [-0.39, 0.29) is 26.8 Å². The predicted molar refractivity (Wildman–Crippen MR) is 71.4 cm³/mol.